The van der Waals surface area contributed by atoms with Crippen LogP contribution in [0.2, 0.25) is 0 Å². The van der Waals surface area contributed by atoms with Crippen molar-refractivity contribution in [3.63, 3.8) is 0 Å². The standard InChI is InChI=1S/C30H37N3O8S2/c1-20-5-11-24(12-6-20)43(38,39)33-19-22(34)18-26(33)27(35)31-25(28(36)41-30(2,3)4)17-21-7-9-23(10-8-21)40-29(37)32-13-15-42-16-14-32/h5-12,25-26H,13-19H2,1-4H3,(H,31,35)/t25-,26-/m0/s1. The zero-order valence-corrected chi connectivity index (χ0v) is 26.3. The maximum Gasteiger partial charge on any atom is 0.415 e. The van der Waals surface area contributed by atoms with Gasteiger partial charge in [0.1, 0.15) is 29.2 Å². The first-order valence-electron chi connectivity index (χ1n) is 14.0. The minimum atomic E-state index is -4.16. The second kappa shape index (κ2) is 13.5. The van der Waals surface area contributed by atoms with E-state index in [4.69, 9.17) is 9.47 Å². The van der Waals surface area contributed by atoms with E-state index in [-0.39, 0.29) is 17.7 Å². The number of amides is 2. The van der Waals surface area contributed by atoms with Crippen LogP contribution in [0.1, 0.15) is 38.3 Å². The lowest BCUT2D eigenvalue weighted by molar-refractivity contribution is -0.158. The number of hydrogen-bond acceptors (Lipinski definition) is 9. The molecule has 2 aromatic carbocycles. The number of nitrogens with one attached hydrogen (secondary N) is 1. The highest BCUT2D eigenvalue weighted by molar-refractivity contribution is 7.99. The van der Waals surface area contributed by atoms with E-state index >= 15 is 0 Å². The molecule has 0 aromatic heterocycles. The first-order valence-corrected chi connectivity index (χ1v) is 16.6. The number of rotatable bonds is 8. The molecule has 0 aliphatic carbocycles. The Balaban J connectivity index is 1.50. The van der Waals surface area contributed by atoms with Crippen LogP contribution in [-0.2, 0) is 35.6 Å². The molecule has 232 valence electrons. The number of benzene rings is 2. The van der Waals surface area contributed by atoms with Gasteiger partial charge in [-0.15, -0.1) is 0 Å². The van der Waals surface area contributed by atoms with Crippen LogP contribution in [-0.4, -0.2) is 90.2 Å². The van der Waals surface area contributed by atoms with Crippen LogP contribution in [0.3, 0.4) is 0 Å². The number of carbonyl (C=O) groups is 4. The van der Waals surface area contributed by atoms with Gasteiger partial charge in [-0.05, 0) is 57.5 Å². The molecule has 0 bridgehead atoms. The van der Waals surface area contributed by atoms with E-state index in [1.807, 2.05) is 6.92 Å². The van der Waals surface area contributed by atoms with Gasteiger partial charge >= 0.3 is 12.1 Å². The molecule has 43 heavy (non-hydrogen) atoms. The lowest BCUT2D eigenvalue weighted by Gasteiger charge is -2.27. The van der Waals surface area contributed by atoms with Gasteiger partial charge in [0, 0.05) is 37.4 Å². The summed E-state index contributed by atoms with van der Waals surface area (Å²) >= 11 is 1.78. The average Bonchev–Trinajstić information content (AvgIpc) is 3.36. The number of Topliss-reactive ketones (excluding diaryl/α,β-unsaturated/α-hetero) is 1. The number of esters is 1. The summed E-state index contributed by atoms with van der Waals surface area (Å²) < 4.78 is 38.7. The van der Waals surface area contributed by atoms with Crippen molar-refractivity contribution in [1.29, 1.82) is 0 Å². The van der Waals surface area contributed by atoms with Crippen LogP contribution in [0.15, 0.2) is 53.4 Å². The molecule has 4 rings (SSSR count). The third kappa shape index (κ3) is 8.58. The molecule has 2 atom stereocenters. The normalized spacial score (nSPS) is 18.7. The molecule has 13 heteroatoms. The van der Waals surface area contributed by atoms with Gasteiger partial charge in [-0.2, -0.15) is 16.1 Å². The Morgan fingerprint density at radius 1 is 1.02 bits per heavy atom. The summed E-state index contributed by atoms with van der Waals surface area (Å²) in [5.41, 5.74) is 0.644. The van der Waals surface area contributed by atoms with Gasteiger partial charge in [-0.3, -0.25) is 9.59 Å². The van der Waals surface area contributed by atoms with E-state index in [2.05, 4.69) is 5.32 Å². The Morgan fingerprint density at radius 3 is 2.26 bits per heavy atom. The first-order chi connectivity index (χ1) is 20.2. The number of ketones is 1. The zero-order chi connectivity index (χ0) is 31.4. The summed E-state index contributed by atoms with van der Waals surface area (Å²) in [6, 6.07) is 10.2. The topological polar surface area (TPSA) is 139 Å². The van der Waals surface area contributed by atoms with Gasteiger partial charge in [0.15, 0.2) is 0 Å². The van der Waals surface area contributed by atoms with E-state index in [0.29, 0.717) is 24.4 Å². The van der Waals surface area contributed by atoms with Crippen molar-refractivity contribution in [3.05, 3.63) is 59.7 Å². The fourth-order valence-corrected chi connectivity index (χ4v) is 7.14. The number of ether oxygens (including phenoxy) is 2. The lowest BCUT2D eigenvalue weighted by atomic mass is 10.0. The fourth-order valence-electron chi connectivity index (χ4n) is 4.66. The maximum absolute atomic E-state index is 13.5. The molecular weight excluding hydrogens is 594 g/mol. The highest BCUT2D eigenvalue weighted by Gasteiger charge is 2.44. The molecule has 2 amide bonds. The number of thioether (sulfide) groups is 1. The number of carbonyl (C=O) groups excluding carboxylic acids is 4. The maximum atomic E-state index is 13.5. The molecule has 0 unspecified atom stereocenters. The van der Waals surface area contributed by atoms with Gasteiger partial charge in [-0.1, -0.05) is 29.8 Å². The fraction of sp³-hybridized carbons (Fsp3) is 0.467. The van der Waals surface area contributed by atoms with Gasteiger partial charge in [0.05, 0.1) is 11.4 Å². The minimum Gasteiger partial charge on any atom is -0.458 e. The van der Waals surface area contributed by atoms with Crippen molar-refractivity contribution in [2.75, 3.05) is 31.1 Å². The van der Waals surface area contributed by atoms with Gasteiger partial charge in [0.25, 0.3) is 0 Å². The monoisotopic (exact) mass is 631 g/mol. The molecule has 0 spiro atoms. The summed E-state index contributed by atoms with van der Waals surface area (Å²) in [6.45, 7) is 7.70. The van der Waals surface area contributed by atoms with Crippen LogP contribution < -0.4 is 10.1 Å². The zero-order valence-electron chi connectivity index (χ0n) is 24.7. The van der Waals surface area contributed by atoms with Gasteiger partial charge in [-0.25, -0.2) is 18.0 Å². The predicted molar refractivity (Wildman–Crippen MR) is 161 cm³/mol. The summed E-state index contributed by atoms with van der Waals surface area (Å²) in [6.07, 6.45) is -0.722. The second-order valence-corrected chi connectivity index (χ2v) is 14.6. The van der Waals surface area contributed by atoms with Crippen LogP contribution in [0, 0.1) is 6.92 Å². The third-order valence-electron chi connectivity index (χ3n) is 6.88. The molecule has 2 saturated heterocycles. The summed E-state index contributed by atoms with van der Waals surface area (Å²) in [5.74, 6) is 0.163. The van der Waals surface area contributed by atoms with Gasteiger partial charge in [0.2, 0.25) is 15.9 Å². The molecule has 2 aromatic rings. The second-order valence-electron chi connectivity index (χ2n) is 11.5. The van der Waals surface area contributed by atoms with Crippen LogP contribution in [0.5, 0.6) is 5.75 Å². The van der Waals surface area contributed by atoms with Crippen molar-refractivity contribution >= 4 is 45.5 Å². The van der Waals surface area contributed by atoms with Crippen molar-refractivity contribution in [3.8, 4) is 5.75 Å². The summed E-state index contributed by atoms with van der Waals surface area (Å²) in [5, 5.41) is 2.64. The van der Waals surface area contributed by atoms with Crippen molar-refractivity contribution in [1.82, 2.24) is 14.5 Å². The summed E-state index contributed by atoms with van der Waals surface area (Å²) in [7, 11) is -4.16. The third-order valence-corrected chi connectivity index (χ3v) is 9.69. The largest absolute Gasteiger partial charge is 0.458 e. The van der Waals surface area contributed by atoms with Gasteiger partial charge < -0.3 is 19.7 Å². The molecule has 0 saturated carbocycles. The van der Waals surface area contributed by atoms with E-state index < -0.39 is 58.0 Å². The van der Waals surface area contributed by atoms with Crippen LogP contribution in [0.4, 0.5) is 4.79 Å². The molecular formula is C30H37N3O8S2. The lowest BCUT2D eigenvalue weighted by Crippen LogP contribution is -2.52. The Morgan fingerprint density at radius 2 is 1.65 bits per heavy atom. The summed E-state index contributed by atoms with van der Waals surface area (Å²) in [4.78, 5) is 53.1. The van der Waals surface area contributed by atoms with Crippen LogP contribution >= 0.6 is 11.8 Å². The molecule has 0 radical (unpaired) electrons. The molecule has 11 nitrogen and oxygen atoms in total. The number of nitrogens with zero attached hydrogens (tertiary/aromatic N) is 2. The van der Waals surface area contributed by atoms with E-state index in [1.54, 1.807) is 73.8 Å². The van der Waals surface area contributed by atoms with Crippen molar-refractivity contribution in [2.24, 2.45) is 0 Å². The predicted octanol–water partition coefficient (Wildman–Crippen LogP) is 2.94. The molecule has 2 aliphatic heterocycles. The number of aryl methyl sites for hydroxylation is 1. The van der Waals surface area contributed by atoms with Crippen molar-refractivity contribution < 1.29 is 37.1 Å². The Labute approximate surface area is 256 Å². The quantitative estimate of drug-likeness (QED) is 0.436. The Bertz CT molecular complexity index is 1450. The average molecular weight is 632 g/mol. The Hall–Kier alpha value is -3.42. The highest BCUT2D eigenvalue weighted by atomic mass is 32.2. The molecule has 2 fully saturated rings. The molecule has 1 N–H and O–H groups in total. The van der Waals surface area contributed by atoms with Crippen molar-refractivity contribution in [2.45, 2.75) is 63.1 Å². The molecule has 2 heterocycles. The first kappa shape index (κ1) is 32.5. The smallest absolute Gasteiger partial charge is 0.415 e. The van der Waals surface area contributed by atoms with E-state index in [0.717, 1.165) is 21.4 Å². The number of sulfonamides is 1. The van der Waals surface area contributed by atoms with E-state index in [1.165, 1.54) is 12.1 Å². The minimum absolute atomic E-state index is 0.0175. The molecule has 2 aliphatic rings. The SMILES string of the molecule is Cc1ccc(S(=O)(=O)N2CC(=O)C[C@H]2C(=O)N[C@@H](Cc2ccc(OC(=O)N3CCSCC3)cc2)C(=O)OC(C)(C)C)cc1. The van der Waals surface area contributed by atoms with Crippen LogP contribution in [0.25, 0.3) is 0 Å². The number of hydrogen-bond donors (Lipinski definition) is 1. The highest BCUT2D eigenvalue weighted by Crippen LogP contribution is 2.26. The Kier molecular flexibility index (Phi) is 10.2. The van der Waals surface area contributed by atoms with E-state index in [9.17, 15) is 27.6 Å².